The van der Waals surface area contributed by atoms with Crippen molar-refractivity contribution < 1.29 is 19.1 Å². The molecule has 0 radical (unpaired) electrons. The lowest BCUT2D eigenvalue weighted by Gasteiger charge is -2.02. The van der Waals surface area contributed by atoms with Crippen molar-refractivity contribution in [2.24, 2.45) is 10.8 Å². The first-order chi connectivity index (χ1) is 8.58. The number of amides is 2. The van der Waals surface area contributed by atoms with E-state index >= 15 is 0 Å². The van der Waals surface area contributed by atoms with Gasteiger partial charge in [0.15, 0.2) is 11.5 Å². The molecule has 1 aliphatic heterocycles. The molecule has 1 aliphatic rings. The van der Waals surface area contributed by atoms with Gasteiger partial charge in [-0.05, 0) is 25.1 Å². The standard InChI is InChI=1S/C11H11N3O4/c1-6(13-14-11(16)10(12)15)7-2-3-8-9(4-7)18-5-17-8/h2-4H,5H2,1H3,(H2,12,15)(H,14,16)/b13-6-. The molecule has 1 heterocycles. The third-order valence-electron chi connectivity index (χ3n) is 2.34. The summed E-state index contributed by atoms with van der Waals surface area (Å²) in [4.78, 5) is 21.4. The maximum absolute atomic E-state index is 10.9. The summed E-state index contributed by atoms with van der Waals surface area (Å²) in [5.41, 5.74) is 8.08. The Bertz CT molecular complexity index is 539. The SMILES string of the molecule is C/C(=N/NC(=O)C(N)=O)c1ccc2c(c1)OCO2. The van der Waals surface area contributed by atoms with Crippen molar-refractivity contribution in [3.63, 3.8) is 0 Å². The van der Waals surface area contributed by atoms with Crippen LogP contribution in [0.4, 0.5) is 0 Å². The zero-order valence-corrected chi connectivity index (χ0v) is 9.60. The van der Waals surface area contributed by atoms with Crippen LogP contribution in [0.2, 0.25) is 0 Å². The van der Waals surface area contributed by atoms with Gasteiger partial charge < -0.3 is 15.2 Å². The smallest absolute Gasteiger partial charge is 0.329 e. The molecule has 3 N–H and O–H groups in total. The summed E-state index contributed by atoms with van der Waals surface area (Å²) in [5, 5.41) is 3.76. The van der Waals surface area contributed by atoms with Crippen molar-refractivity contribution in [2.75, 3.05) is 6.79 Å². The van der Waals surface area contributed by atoms with Gasteiger partial charge in [-0.3, -0.25) is 9.59 Å². The fraction of sp³-hybridized carbons (Fsp3) is 0.182. The maximum atomic E-state index is 10.9. The van der Waals surface area contributed by atoms with Gasteiger partial charge in [0.2, 0.25) is 6.79 Å². The van der Waals surface area contributed by atoms with Crippen molar-refractivity contribution >= 4 is 17.5 Å². The number of ether oxygens (including phenoxy) is 2. The summed E-state index contributed by atoms with van der Waals surface area (Å²) in [5.74, 6) is -0.775. The van der Waals surface area contributed by atoms with E-state index in [0.717, 1.165) is 5.56 Å². The average Bonchev–Trinajstić information content (AvgIpc) is 2.82. The van der Waals surface area contributed by atoms with Gasteiger partial charge in [-0.2, -0.15) is 5.10 Å². The van der Waals surface area contributed by atoms with Gasteiger partial charge in [-0.15, -0.1) is 0 Å². The molecule has 0 aromatic heterocycles. The average molecular weight is 249 g/mol. The lowest BCUT2D eigenvalue weighted by Crippen LogP contribution is -2.33. The van der Waals surface area contributed by atoms with Crippen LogP contribution in [0.3, 0.4) is 0 Å². The van der Waals surface area contributed by atoms with E-state index < -0.39 is 11.8 Å². The monoisotopic (exact) mass is 249 g/mol. The number of primary amides is 1. The predicted octanol–water partition coefficient (Wildman–Crippen LogP) is -0.259. The molecule has 94 valence electrons. The van der Waals surface area contributed by atoms with Crippen molar-refractivity contribution in [1.29, 1.82) is 0 Å². The zero-order valence-electron chi connectivity index (χ0n) is 9.60. The predicted molar refractivity (Wildman–Crippen MR) is 62.1 cm³/mol. The second-order valence-corrected chi connectivity index (χ2v) is 3.57. The van der Waals surface area contributed by atoms with E-state index in [9.17, 15) is 9.59 Å². The Balaban J connectivity index is 2.13. The zero-order chi connectivity index (χ0) is 13.1. The van der Waals surface area contributed by atoms with E-state index in [-0.39, 0.29) is 6.79 Å². The number of nitrogens with two attached hydrogens (primary N) is 1. The fourth-order valence-electron chi connectivity index (χ4n) is 1.38. The number of nitrogens with one attached hydrogen (secondary N) is 1. The summed E-state index contributed by atoms with van der Waals surface area (Å²) in [6.07, 6.45) is 0. The number of hydrogen-bond acceptors (Lipinski definition) is 5. The molecule has 0 fully saturated rings. The summed E-state index contributed by atoms with van der Waals surface area (Å²) >= 11 is 0. The van der Waals surface area contributed by atoms with E-state index in [1.54, 1.807) is 25.1 Å². The highest BCUT2D eigenvalue weighted by Crippen LogP contribution is 2.32. The van der Waals surface area contributed by atoms with Crippen LogP contribution >= 0.6 is 0 Å². The Kier molecular flexibility index (Phi) is 3.13. The van der Waals surface area contributed by atoms with Crippen LogP contribution in [-0.2, 0) is 9.59 Å². The highest BCUT2D eigenvalue weighted by atomic mass is 16.7. The van der Waals surface area contributed by atoms with Crippen LogP contribution in [0, 0.1) is 0 Å². The highest BCUT2D eigenvalue weighted by Gasteiger charge is 2.14. The number of nitrogens with zero attached hydrogens (tertiary/aromatic N) is 1. The molecule has 2 amide bonds. The number of hydrogen-bond donors (Lipinski definition) is 2. The molecule has 0 bridgehead atoms. The molecular formula is C11H11N3O4. The van der Waals surface area contributed by atoms with E-state index in [2.05, 4.69) is 10.5 Å². The van der Waals surface area contributed by atoms with Crippen LogP contribution in [0.1, 0.15) is 12.5 Å². The van der Waals surface area contributed by atoms with Crippen LogP contribution in [-0.4, -0.2) is 24.3 Å². The van der Waals surface area contributed by atoms with Gasteiger partial charge in [0.1, 0.15) is 0 Å². The molecule has 1 aromatic carbocycles. The number of fused-ring (bicyclic) bond motifs is 1. The Morgan fingerprint density at radius 1 is 1.33 bits per heavy atom. The summed E-state index contributed by atoms with van der Waals surface area (Å²) in [7, 11) is 0. The largest absolute Gasteiger partial charge is 0.454 e. The molecule has 2 rings (SSSR count). The molecule has 7 heteroatoms. The number of benzene rings is 1. The molecule has 0 spiro atoms. The summed E-state index contributed by atoms with van der Waals surface area (Å²) in [6, 6.07) is 5.24. The Morgan fingerprint density at radius 3 is 2.78 bits per heavy atom. The van der Waals surface area contributed by atoms with Crippen molar-refractivity contribution in [2.45, 2.75) is 6.92 Å². The van der Waals surface area contributed by atoms with Crippen LogP contribution in [0.15, 0.2) is 23.3 Å². The third kappa shape index (κ3) is 2.40. The van der Waals surface area contributed by atoms with Crippen LogP contribution < -0.4 is 20.6 Å². The van der Waals surface area contributed by atoms with E-state index in [1.165, 1.54) is 0 Å². The van der Waals surface area contributed by atoms with E-state index in [4.69, 9.17) is 15.2 Å². The van der Waals surface area contributed by atoms with Crippen LogP contribution in [0.25, 0.3) is 0 Å². The molecule has 0 atom stereocenters. The number of rotatable bonds is 2. The van der Waals surface area contributed by atoms with Gasteiger partial charge >= 0.3 is 11.8 Å². The normalized spacial score (nSPS) is 13.3. The van der Waals surface area contributed by atoms with Gasteiger partial charge in [0.25, 0.3) is 0 Å². The van der Waals surface area contributed by atoms with Crippen LogP contribution in [0.5, 0.6) is 11.5 Å². The first-order valence-electron chi connectivity index (χ1n) is 5.12. The second-order valence-electron chi connectivity index (χ2n) is 3.57. The van der Waals surface area contributed by atoms with Gasteiger partial charge in [0.05, 0.1) is 5.71 Å². The lowest BCUT2D eigenvalue weighted by molar-refractivity contribution is -0.137. The Morgan fingerprint density at radius 2 is 2.06 bits per heavy atom. The maximum Gasteiger partial charge on any atom is 0.329 e. The fourth-order valence-corrected chi connectivity index (χ4v) is 1.38. The van der Waals surface area contributed by atoms with Crippen molar-refractivity contribution in [1.82, 2.24) is 5.43 Å². The minimum absolute atomic E-state index is 0.188. The topological polar surface area (TPSA) is 103 Å². The third-order valence-corrected chi connectivity index (χ3v) is 2.34. The quantitative estimate of drug-likeness (QED) is 0.428. The molecule has 0 aliphatic carbocycles. The Hall–Kier alpha value is -2.57. The molecule has 0 unspecified atom stereocenters. The molecule has 18 heavy (non-hydrogen) atoms. The highest BCUT2D eigenvalue weighted by molar-refractivity contribution is 6.34. The minimum atomic E-state index is -1.09. The number of hydrazone groups is 1. The van der Waals surface area contributed by atoms with Crippen molar-refractivity contribution in [3.05, 3.63) is 23.8 Å². The summed E-state index contributed by atoms with van der Waals surface area (Å²) < 4.78 is 10.4. The van der Waals surface area contributed by atoms with Gasteiger partial charge in [0, 0.05) is 5.56 Å². The lowest BCUT2D eigenvalue weighted by atomic mass is 10.1. The number of carbonyl (C=O) groups excluding carboxylic acids is 2. The molecule has 7 nitrogen and oxygen atoms in total. The van der Waals surface area contributed by atoms with Gasteiger partial charge in [-0.1, -0.05) is 0 Å². The minimum Gasteiger partial charge on any atom is -0.454 e. The Labute approximate surface area is 103 Å². The molecule has 0 saturated carbocycles. The first kappa shape index (κ1) is 11.9. The number of carbonyl (C=O) groups is 2. The first-order valence-corrected chi connectivity index (χ1v) is 5.12. The summed E-state index contributed by atoms with van der Waals surface area (Å²) in [6.45, 7) is 1.87. The van der Waals surface area contributed by atoms with Gasteiger partial charge in [-0.25, -0.2) is 5.43 Å². The van der Waals surface area contributed by atoms with Crippen molar-refractivity contribution in [3.8, 4) is 11.5 Å². The van der Waals surface area contributed by atoms with E-state index in [1.807, 2.05) is 0 Å². The molecular weight excluding hydrogens is 238 g/mol. The molecule has 1 aromatic rings. The van der Waals surface area contributed by atoms with E-state index in [0.29, 0.717) is 17.2 Å². The second kappa shape index (κ2) is 4.74. The molecule has 0 saturated heterocycles.